The van der Waals surface area contributed by atoms with E-state index >= 15 is 0 Å². The van der Waals surface area contributed by atoms with Crippen molar-refractivity contribution in [3.8, 4) is 5.69 Å². The average Bonchev–Trinajstić information content (AvgIpc) is 3.55. The van der Waals surface area contributed by atoms with Gasteiger partial charge in [0.1, 0.15) is 17.8 Å². The Morgan fingerprint density at radius 2 is 1.93 bits per heavy atom. The molecule has 0 radical (unpaired) electrons. The number of fused-ring (bicyclic) bond motifs is 2. The van der Waals surface area contributed by atoms with Crippen molar-refractivity contribution in [3.63, 3.8) is 0 Å². The van der Waals surface area contributed by atoms with Gasteiger partial charge in [-0.05, 0) is 92.9 Å². The summed E-state index contributed by atoms with van der Waals surface area (Å²) in [5.74, 6) is 3.75. The summed E-state index contributed by atoms with van der Waals surface area (Å²) in [6, 6.07) is 9.70. The first-order chi connectivity index (χ1) is 20.2. The topological polar surface area (TPSA) is 112 Å². The third kappa shape index (κ3) is 4.40. The Balaban J connectivity index is 1.32. The maximum absolute atomic E-state index is 14.6. The minimum atomic E-state index is -2.99. The van der Waals surface area contributed by atoms with Gasteiger partial charge in [-0.25, -0.2) is 22.6 Å². The molecule has 12 heteroatoms. The van der Waals surface area contributed by atoms with Crippen molar-refractivity contribution in [3.05, 3.63) is 83.0 Å². The smallest absolute Gasteiger partial charge is 0.244 e. The van der Waals surface area contributed by atoms with E-state index in [-0.39, 0.29) is 28.8 Å². The van der Waals surface area contributed by atoms with E-state index in [1.165, 1.54) is 23.1 Å². The standard InChI is InChI=1S/C30H31FN8O2S/c1-19-12-13-32-25(14-19)28(40)30-16-24(39(23-10-11-23)42(3,41)29-33-18-37(2)35-29)7-4-20(30)15-27-26(17-30)34-36-38(27)22-8-5-21(31)6-9-22/h5-6,8-9,12-15,18,23-24H,3-4,7,10-11,16-17H2,1-2H3/t24-,30+,42?/m0/s1. The lowest BCUT2D eigenvalue weighted by molar-refractivity contribution is 0.0734. The molecule has 2 fully saturated rings. The molecule has 0 amide bonds. The van der Waals surface area contributed by atoms with Gasteiger partial charge >= 0.3 is 0 Å². The van der Waals surface area contributed by atoms with Crippen molar-refractivity contribution < 1.29 is 13.4 Å². The summed E-state index contributed by atoms with van der Waals surface area (Å²) >= 11 is 0. The zero-order valence-corrected chi connectivity index (χ0v) is 24.3. The number of hydrogen-bond donors (Lipinski definition) is 0. The summed E-state index contributed by atoms with van der Waals surface area (Å²) in [7, 11) is -1.25. The third-order valence-corrected chi connectivity index (χ3v) is 10.7. The van der Waals surface area contributed by atoms with Crippen molar-refractivity contribution in [2.75, 3.05) is 0 Å². The second kappa shape index (κ2) is 9.77. The summed E-state index contributed by atoms with van der Waals surface area (Å²) in [6.07, 6.45) is 9.13. The van der Waals surface area contributed by atoms with Crippen LogP contribution < -0.4 is 0 Å². The SMILES string of the molecule is C=S(=O)(c1ncn(C)n1)N(C1CC1)[C@H]1CCC2=Cc3c(nnn3-c3ccc(F)cc3)C[C@]2(C(=O)c2cc(C)ccn2)C1. The monoisotopic (exact) mass is 586 g/mol. The van der Waals surface area contributed by atoms with Crippen LogP contribution in [0.2, 0.25) is 0 Å². The molecule has 1 unspecified atom stereocenters. The molecular formula is C30H31FN8O2S. The second-order valence-electron chi connectivity index (χ2n) is 11.6. The minimum absolute atomic E-state index is 0.0774. The summed E-state index contributed by atoms with van der Waals surface area (Å²) in [6.45, 7) is 1.94. The zero-order valence-electron chi connectivity index (χ0n) is 23.5. The number of hydrogen-bond acceptors (Lipinski definition) is 7. The molecular weight excluding hydrogens is 555 g/mol. The molecule has 4 aromatic rings. The number of rotatable bonds is 7. The zero-order chi connectivity index (χ0) is 29.2. The number of nitrogens with zero attached hydrogens (tertiary/aromatic N) is 8. The Labute approximate surface area is 243 Å². The minimum Gasteiger partial charge on any atom is -0.291 e. The van der Waals surface area contributed by atoms with Crippen molar-refractivity contribution in [2.45, 2.75) is 62.7 Å². The fraction of sp³-hybridized carbons (Fsp3) is 0.367. The molecule has 0 saturated heterocycles. The molecule has 3 aromatic heterocycles. The summed E-state index contributed by atoms with van der Waals surface area (Å²) in [5, 5.41) is 13.5. The number of allylic oxidation sites excluding steroid dienone is 1. The van der Waals surface area contributed by atoms with Gasteiger partial charge in [-0.3, -0.25) is 14.5 Å². The largest absolute Gasteiger partial charge is 0.291 e. The third-order valence-electron chi connectivity index (χ3n) is 8.63. The van der Waals surface area contributed by atoms with Gasteiger partial charge in [0.15, 0.2) is 5.78 Å². The molecule has 0 bridgehead atoms. The number of aromatic nitrogens is 7. The van der Waals surface area contributed by atoms with Gasteiger partial charge in [0.25, 0.3) is 0 Å². The summed E-state index contributed by atoms with van der Waals surface area (Å²) in [4.78, 5) is 23.4. The van der Waals surface area contributed by atoms with E-state index in [1.54, 1.807) is 30.1 Å². The molecule has 1 aromatic carbocycles. The molecule has 10 nitrogen and oxygen atoms in total. The number of pyridine rings is 1. The van der Waals surface area contributed by atoms with E-state index in [9.17, 15) is 13.4 Å². The van der Waals surface area contributed by atoms with Crippen LogP contribution in [0, 0.1) is 18.2 Å². The van der Waals surface area contributed by atoms with Crippen molar-refractivity contribution in [1.82, 2.24) is 39.0 Å². The Morgan fingerprint density at radius 3 is 2.62 bits per heavy atom. The normalized spacial score (nSPS) is 23.1. The number of carbonyl (C=O) groups is 1. The van der Waals surface area contributed by atoms with Gasteiger partial charge in [0.05, 0.1) is 32.2 Å². The van der Waals surface area contributed by atoms with Crippen LogP contribution in [-0.4, -0.2) is 67.0 Å². The van der Waals surface area contributed by atoms with Gasteiger partial charge in [-0.1, -0.05) is 10.8 Å². The molecule has 0 N–H and O–H groups in total. The van der Waals surface area contributed by atoms with Gasteiger partial charge in [-0.15, -0.1) is 10.2 Å². The van der Waals surface area contributed by atoms with Crippen LogP contribution in [0.3, 0.4) is 0 Å². The van der Waals surface area contributed by atoms with E-state index in [2.05, 4.69) is 31.2 Å². The Morgan fingerprint density at radius 1 is 1.14 bits per heavy atom. The molecule has 3 heterocycles. The van der Waals surface area contributed by atoms with Gasteiger partial charge < -0.3 is 0 Å². The molecule has 3 aliphatic carbocycles. The lowest BCUT2D eigenvalue weighted by Gasteiger charge is -2.46. The molecule has 216 valence electrons. The quantitative estimate of drug-likeness (QED) is 0.240. The van der Waals surface area contributed by atoms with Gasteiger partial charge in [0, 0.05) is 31.7 Å². The fourth-order valence-corrected chi connectivity index (χ4v) is 8.53. The van der Waals surface area contributed by atoms with Crippen LogP contribution in [0.15, 0.2) is 59.7 Å². The Bertz CT molecular complexity index is 1840. The average molecular weight is 587 g/mol. The van der Waals surface area contributed by atoms with E-state index in [1.807, 2.05) is 29.4 Å². The van der Waals surface area contributed by atoms with E-state index in [0.717, 1.165) is 29.7 Å². The summed E-state index contributed by atoms with van der Waals surface area (Å²) in [5.41, 5.74) is 3.54. The summed E-state index contributed by atoms with van der Waals surface area (Å²) < 4.78 is 33.2. The highest BCUT2D eigenvalue weighted by Gasteiger charge is 2.53. The van der Waals surface area contributed by atoms with Crippen molar-refractivity contribution in [1.29, 1.82) is 0 Å². The number of ketones is 1. The van der Waals surface area contributed by atoms with Crippen LogP contribution in [0.4, 0.5) is 4.39 Å². The van der Waals surface area contributed by atoms with Gasteiger partial charge in [-0.2, -0.15) is 0 Å². The first-order valence-electron chi connectivity index (χ1n) is 14.1. The molecule has 0 aliphatic heterocycles. The Hall–Kier alpha value is -4.03. The highest BCUT2D eigenvalue weighted by molar-refractivity contribution is 7.98. The molecule has 7 rings (SSSR count). The lowest BCUT2D eigenvalue weighted by atomic mass is 9.60. The lowest BCUT2D eigenvalue weighted by Crippen LogP contribution is -2.51. The van der Waals surface area contributed by atoms with Crippen LogP contribution in [0.1, 0.15) is 59.5 Å². The first kappa shape index (κ1) is 26.8. The number of aryl methyl sites for hydroxylation is 2. The second-order valence-corrected chi connectivity index (χ2v) is 13.7. The van der Waals surface area contributed by atoms with Crippen LogP contribution in [0.25, 0.3) is 11.8 Å². The maximum atomic E-state index is 14.6. The number of Topliss-reactive ketones (excluding diaryl/α,β-unsaturated/α-hetero) is 1. The van der Waals surface area contributed by atoms with Crippen molar-refractivity contribution in [2.24, 2.45) is 12.5 Å². The molecule has 3 aliphatic rings. The molecule has 42 heavy (non-hydrogen) atoms. The van der Waals surface area contributed by atoms with Gasteiger partial charge in [0.2, 0.25) is 5.16 Å². The van der Waals surface area contributed by atoms with Crippen LogP contribution in [-0.2, 0) is 23.2 Å². The van der Waals surface area contributed by atoms with E-state index < -0.39 is 15.1 Å². The Kier molecular flexibility index (Phi) is 6.24. The number of carbonyl (C=O) groups excluding carboxylic acids is 1. The van der Waals surface area contributed by atoms with Crippen molar-refractivity contribution >= 4 is 27.4 Å². The highest BCUT2D eigenvalue weighted by Crippen LogP contribution is 2.52. The number of benzene rings is 1. The predicted octanol–water partition coefficient (Wildman–Crippen LogP) is 3.75. The highest BCUT2D eigenvalue weighted by atomic mass is 32.2. The van der Waals surface area contributed by atoms with Crippen LogP contribution >= 0.6 is 0 Å². The number of halogens is 1. The van der Waals surface area contributed by atoms with Crippen LogP contribution in [0.5, 0.6) is 0 Å². The fourth-order valence-electron chi connectivity index (χ4n) is 6.52. The maximum Gasteiger partial charge on any atom is 0.244 e. The predicted molar refractivity (Wildman–Crippen MR) is 156 cm³/mol. The van der Waals surface area contributed by atoms with E-state index in [4.69, 9.17) is 0 Å². The molecule has 2 saturated carbocycles. The molecule has 3 atom stereocenters. The molecule has 0 spiro atoms. The first-order valence-corrected chi connectivity index (χ1v) is 15.7. The van der Waals surface area contributed by atoms with E-state index in [0.29, 0.717) is 42.8 Å².